The highest BCUT2D eigenvalue weighted by Crippen LogP contribution is 2.26. The average Bonchev–Trinajstić information content (AvgIpc) is 2.79. The van der Waals surface area contributed by atoms with Crippen LogP contribution in [0.5, 0.6) is 0 Å². The third-order valence-corrected chi connectivity index (χ3v) is 4.41. The molecule has 1 aromatic carbocycles. The second-order valence-electron chi connectivity index (χ2n) is 4.78. The zero-order valence-electron chi connectivity index (χ0n) is 11.7. The van der Waals surface area contributed by atoms with Crippen LogP contribution in [-0.4, -0.2) is 6.03 Å². The van der Waals surface area contributed by atoms with Crippen LogP contribution in [0.4, 0.5) is 10.5 Å². The normalized spacial score (nSPS) is 12.0. The van der Waals surface area contributed by atoms with Crippen molar-refractivity contribution in [3.05, 3.63) is 50.7 Å². The van der Waals surface area contributed by atoms with Crippen LogP contribution >= 0.6 is 22.9 Å². The van der Waals surface area contributed by atoms with Gasteiger partial charge in [0.1, 0.15) is 0 Å². The summed E-state index contributed by atoms with van der Waals surface area (Å²) in [4.78, 5) is 13.0. The molecular formula is C15H17ClN2OS. The van der Waals surface area contributed by atoms with Crippen LogP contribution in [0.15, 0.2) is 30.3 Å². The molecule has 2 aromatic rings. The third-order valence-electron chi connectivity index (χ3n) is 3.00. The van der Waals surface area contributed by atoms with E-state index in [1.54, 1.807) is 0 Å². The predicted octanol–water partition coefficient (Wildman–Crippen LogP) is 4.90. The van der Waals surface area contributed by atoms with Gasteiger partial charge in [-0.3, -0.25) is 0 Å². The number of nitrogens with one attached hydrogen (secondary N) is 2. The molecule has 0 saturated carbocycles. The molecule has 0 spiro atoms. The molecule has 0 radical (unpaired) electrons. The van der Waals surface area contributed by atoms with Crippen molar-refractivity contribution < 1.29 is 4.79 Å². The van der Waals surface area contributed by atoms with E-state index in [-0.39, 0.29) is 12.1 Å². The van der Waals surface area contributed by atoms with Gasteiger partial charge in [-0.2, -0.15) is 0 Å². The van der Waals surface area contributed by atoms with E-state index in [0.29, 0.717) is 0 Å². The monoisotopic (exact) mass is 308 g/mol. The Bertz CT molecular complexity index is 624. The first-order valence-electron chi connectivity index (χ1n) is 6.35. The smallest absolute Gasteiger partial charge is 0.319 e. The van der Waals surface area contributed by atoms with E-state index in [0.717, 1.165) is 20.5 Å². The maximum Gasteiger partial charge on any atom is 0.319 e. The first-order valence-corrected chi connectivity index (χ1v) is 7.55. The number of thiophene rings is 1. The number of rotatable bonds is 3. The molecule has 0 aliphatic heterocycles. The Labute approximate surface area is 128 Å². The molecule has 0 bridgehead atoms. The SMILES string of the molecule is Cc1ccc(NC(=O)N[C@H](C)c2ccc(Cl)s2)c(C)c1. The summed E-state index contributed by atoms with van der Waals surface area (Å²) >= 11 is 7.37. The fraction of sp³-hybridized carbons (Fsp3) is 0.267. The molecule has 1 atom stereocenters. The molecule has 3 nitrogen and oxygen atoms in total. The highest BCUT2D eigenvalue weighted by Gasteiger charge is 2.12. The van der Waals surface area contributed by atoms with Crippen LogP contribution in [-0.2, 0) is 0 Å². The van der Waals surface area contributed by atoms with Crippen molar-refractivity contribution in [1.82, 2.24) is 5.32 Å². The number of benzene rings is 1. The second kappa shape index (κ2) is 6.29. The van der Waals surface area contributed by atoms with Crippen molar-refractivity contribution in [3.8, 4) is 0 Å². The van der Waals surface area contributed by atoms with Crippen LogP contribution in [0.3, 0.4) is 0 Å². The highest BCUT2D eigenvalue weighted by atomic mass is 35.5. The summed E-state index contributed by atoms with van der Waals surface area (Å²) in [5, 5.41) is 5.77. The highest BCUT2D eigenvalue weighted by molar-refractivity contribution is 7.16. The number of carbonyl (C=O) groups excluding carboxylic acids is 1. The Hall–Kier alpha value is -1.52. The molecule has 5 heteroatoms. The van der Waals surface area contributed by atoms with E-state index in [1.807, 2.05) is 51.1 Å². The van der Waals surface area contributed by atoms with E-state index in [9.17, 15) is 4.79 Å². The van der Waals surface area contributed by atoms with Gasteiger partial charge >= 0.3 is 6.03 Å². The predicted molar refractivity (Wildman–Crippen MR) is 85.8 cm³/mol. The first kappa shape index (κ1) is 14.9. The van der Waals surface area contributed by atoms with Crippen LogP contribution in [0.25, 0.3) is 0 Å². The van der Waals surface area contributed by atoms with Crippen LogP contribution in [0, 0.1) is 13.8 Å². The fourth-order valence-electron chi connectivity index (χ4n) is 1.94. The van der Waals surface area contributed by atoms with Crippen molar-refractivity contribution in [3.63, 3.8) is 0 Å². The number of urea groups is 1. The Balaban J connectivity index is 1.98. The molecule has 2 rings (SSSR count). The first-order chi connectivity index (χ1) is 9.45. The van der Waals surface area contributed by atoms with Gasteiger partial charge in [-0.05, 0) is 44.5 Å². The number of amides is 2. The van der Waals surface area contributed by atoms with Gasteiger partial charge in [-0.25, -0.2) is 4.79 Å². The van der Waals surface area contributed by atoms with Crippen LogP contribution in [0.2, 0.25) is 4.34 Å². The number of anilines is 1. The number of hydrogen-bond acceptors (Lipinski definition) is 2. The van der Waals surface area contributed by atoms with Gasteiger partial charge < -0.3 is 10.6 Å². The Morgan fingerprint density at radius 1 is 1.25 bits per heavy atom. The molecule has 1 aromatic heterocycles. The van der Waals surface area contributed by atoms with Crippen molar-refractivity contribution in [2.45, 2.75) is 26.8 Å². The molecule has 0 saturated heterocycles. The summed E-state index contributed by atoms with van der Waals surface area (Å²) in [5.74, 6) is 0. The van der Waals surface area contributed by atoms with Crippen molar-refractivity contribution in [1.29, 1.82) is 0 Å². The zero-order chi connectivity index (χ0) is 14.7. The minimum atomic E-state index is -0.214. The van der Waals surface area contributed by atoms with Gasteiger partial charge in [-0.15, -0.1) is 11.3 Å². The zero-order valence-corrected chi connectivity index (χ0v) is 13.2. The summed E-state index contributed by atoms with van der Waals surface area (Å²) in [6.45, 7) is 5.94. The minimum Gasteiger partial charge on any atom is -0.331 e. The summed E-state index contributed by atoms with van der Waals surface area (Å²) in [7, 11) is 0. The molecule has 20 heavy (non-hydrogen) atoms. The van der Waals surface area contributed by atoms with E-state index in [4.69, 9.17) is 11.6 Å². The molecule has 106 valence electrons. The molecule has 0 unspecified atom stereocenters. The average molecular weight is 309 g/mol. The van der Waals surface area contributed by atoms with Crippen LogP contribution < -0.4 is 10.6 Å². The maximum atomic E-state index is 12.0. The number of hydrogen-bond donors (Lipinski definition) is 2. The Morgan fingerprint density at radius 2 is 2.00 bits per heavy atom. The Kier molecular flexibility index (Phi) is 4.68. The number of aryl methyl sites for hydroxylation is 2. The minimum absolute atomic E-state index is 0.0711. The second-order valence-corrected chi connectivity index (χ2v) is 6.53. The summed E-state index contributed by atoms with van der Waals surface area (Å²) in [6, 6.07) is 9.41. The van der Waals surface area contributed by atoms with Crippen molar-refractivity contribution >= 4 is 34.7 Å². The quantitative estimate of drug-likeness (QED) is 0.832. The maximum absolute atomic E-state index is 12.0. The molecular weight excluding hydrogens is 292 g/mol. The molecule has 0 aliphatic rings. The van der Waals surface area contributed by atoms with Crippen LogP contribution in [0.1, 0.15) is 29.0 Å². The summed E-state index contributed by atoms with van der Waals surface area (Å²) in [6.07, 6.45) is 0. The summed E-state index contributed by atoms with van der Waals surface area (Å²) < 4.78 is 0.725. The standard InChI is InChI=1S/C15H17ClN2OS/c1-9-4-5-12(10(2)8-9)18-15(19)17-11(3)13-6-7-14(16)20-13/h4-8,11H,1-3H3,(H2,17,18,19)/t11-/m1/s1. The lowest BCUT2D eigenvalue weighted by Crippen LogP contribution is -2.31. The molecule has 2 N–H and O–H groups in total. The van der Waals surface area contributed by atoms with Gasteiger partial charge in [0, 0.05) is 10.6 Å². The van der Waals surface area contributed by atoms with E-state index in [2.05, 4.69) is 10.6 Å². The lowest BCUT2D eigenvalue weighted by Gasteiger charge is -2.14. The number of carbonyl (C=O) groups is 1. The molecule has 0 aliphatic carbocycles. The lowest BCUT2D eigenvalue weighted by atomic mass is 10.1. The largest absolute Gasteiger partial charge is 0.331 e. The van der Waals surface area contributed by atoms with Crippen molar-refractivity contribution in [2.24, 2.45) is 0 Å². The van der Waals surface area contributed by atoms with Gasteiger partial charge in [-0.1, -0.05) is 29.3 Å². The fourth-order valence-corrected chi connectivity index (χ4v) is 3.00. The number of halogens is 1. The van der Waals surface area contributed by atoms with Gasteiger partial charge in [0.15, 0.2) is 0 Å². The topological polar surface area (TPSA) is 41.1 Å². The Morgan fingerprint density at radius 3 is 2.60 bits per heavy atom. The van der Waals surface area contributed by atoms with Crippen molar-refractivity contribution in [2.75, 3.05) is 5.32 Å². The van der Waals surface area contributed by atoms with Gasteiger partial charge in [0.2, 0.25) is 0 Å². The van der Waals surface area contributed by atoms with E-state index >= 15 is 0 Å². The molecule has 1 heterocycles. The third kappa shape index (κ3) is 3.74. The van der Waals surface area contributed by atoms with E-state index in [1.165, 1.54) is 16.9 Å². The lowest BCUT2D eigenvalue weighted by molar-refractivity contribution is 0.249. The summed E-state index contributed by atoms with van der Waals surface area (Å²) in [5.41, 5.74) is 3.05. The van der Waals surface area contributed by atoms with Gasteiger partial charge in [0.05, 0.1) is 10.4 Å². The van der Waals surface area contributed by atoms with Gasteiger partial charge in [0.25, 0.3) is 0 Å². The molecule has 0 fully saturated rings. The van der Waals surface area contributed by atoms with E-state index < -0.39 is 0 Å². The molecule has 2 amide bonds.